The number of ether oxygens (including phenoxy) is 2. The number of rotatable bonds is 6. The Labute approximate surface area is 83.4 Å². The molecule has 3 N–H and O–H groups in total. The first kappa shape index (κ1) is 12.9. The maximum Gasteiger partial charge on any atom is 0.119 e. The van der Waals surface area contributed by atoms with E-state index in [4.69, 9.17) is 14.6 Å². The molecule has 1 aromatic rings. The third kappa shape index (κ3) is 5.53. The van der Waals surface area contributed by atoms with Crippen LogP contribution in [0.25, 0.3) is 0 Å². The maximum absolute atomic E-state index is 8.42. The molecule has 0 spiro atoms. The molecule has 14 heavy (non-hydrogen) atoms. The van der Waals surface area contributed by atoms with Crippen LogP contribution in [0.1, 0.15) is 0 Å². The molecular formula is C10H16O4. The highest BCUT2D eigenvalue weighted by Crippen LogP contribution is 2.07. The van der Waals surface area contributed by atoms with Gasteiger partial charge in [0.25, 0.3) is 0 Å². The highest BCUT2D eigenvalue weighted by atomic mass is 16.5. The fraction of sp³-hybridized carbons (Fsp3) is 0.400. The van der Waals surface area contributed by atoms with Gasteiger partial charge in [0.15, 0.2) is 0 Å². The standard InChI is InChI=1S/C10H14O3.H2O/c11-6-7-12-8-9-13-10-4-2-1-3-5-10;/h1-5,11H,6-9H2;1H2. The highest BCUT2D eigenvalue weighted by Gasteiger charge is 1.90. The van der Waals surface area contributed by atoms with Crippen LogP contribution in [-0.4, -0.2) is 37.0 Å². The Bertz CT molecular complexity index is 213. The zero-order valence-corrected chi connectivity index (χ0v) is 7.98. The van der Waals surface area contributed by atoms with Crippen molar-refractivity contribution in [3.05, 3.63) is 30.3 Å². The van der Waals surface area contributed by atoms with Crippen molar-refractivity contribution in [2.24, 2.45) is 0 Å². The minimum atomic E-state index is 0. The van der Waals surface area contributed by atoms with Gasteiger partial charge >= 0.3 is 0 Å². The Hall–Kier alpha value is -1.10. The third-order valence-electron chi connectivity index (χ3n) is 1.48. The predicted molar refractivity (Wildman–Crippen MR) is 53.5 cm³/mol. The largest absolute Gasteiger partial charge is 0.491 e. The predicted octanol–water partition coefficient (Wildman–Crippen LogP) is 0.250. The number of hydrogen-bond donors (Lipinski definition) is 1. The molecule has 0 atom stereocenters. The van der Waals surface area contributed by atoms with Crippen LogP contribution in [0.2, 0.25) is 0 Å². The minimum Gasteiger partial charge on any atom is -0.491 e. The lowest BCUT2D eigenvalue weighted by atomic mass is 10.3. The molecule has 0 unspecified atom stereocenters. The molecule has 0 radical (unpaired) electrons. The SMILES string of the molecule is O.OCCOCCOc1ccccc1. The van der Waals surface area contributed by atoms with E-state index in [2.05, 4.69) is 0 Å². The lowest BCUT2D eigenvalue weighted by Gasteiger charge is -2.05. The summed E-state index contributed by atoms with van der Waals surface area (Å²) in [4.78, 5) is 0. The monoisotopic (exact) mass is 200 g/mol. The summed E-state index contributed by atoms with van der Waals surface area (Å²) in [6.07, 6.45) is 0. The summed E-state index contributed by atoms with van der Waals surface area (Å²) < 4.78 is 10.4. The molecule has 0 aromatic heterocycles. The Balaban J connectivity index is 0.00000169. The van der Waals surface area contributed by atoms with Crippen LogP contribution >= 0.6 is 0 Å². The van der Waals surface area contributed by atoms with Gasteiger partial charge in [-0.2, -0.15) is 0 Å². The molecule has 0 amide bonds. The quantitative estimate of drug-likeness (QED) is 0.669. The van der Waals surface area contributed by atoms with Gasteiger partial charge in [0.05, 0.1) is 19.8 Å². The number of aliphatic hydroxyl groups excluding tert-OH is 1. The second-order valence-corrected chi connectivity index (χ2v) is 2.50. The smallest absolute Gasteiger partial charge is 0.119 e. The molecular weight excluding hydrogens is 184 g/mol. The molecule has 0 heterocycles. The van der Waals surface area contributed by atoms with Gasteiger partial charge in [0, 0.05) is 0 Å². The third-order valence-corrected chi connectivity index (χ3v) is 1.48. The van der Waals surface area contributed by atoms with Crippen molar-refractivity contribution < 1.29 is 20.1 Å². The molecule has 4 nitrogen and oxygen atoms in total. The van der Waals surface area contributed by atoms with Crippen LogP contribution in [0.5, 0.6) is 5.75 Å². The van der Waals surface area contributed by atoms with E-state index in [1.54, 1.807) is 0 Å². The van der Waals surface area contributed by atoms with E-state index in [-0.39, 0.29) is 12.1 Å². The number of hydrogen-bond acceptors (Lipinski definition) is 3. The molecule has 0 saturated carbocycles. The molecule has 0 aliphatic carbocycles. The first-order valence-electron chi connectivity index (χ1n) is 4.30. The van der Waals surface area contributed by atoms with Crippen LogP contribution in [-0.2, 0) is 4.74 Å². The van der Waals surface area contributed by atoms with E-state index in [0.717, 1.165) is 5.75 Å². The van der Waals surface area contributed by atoms with Crippen molar-refractivity contribution in [3.63, 3.8) is 0 Å². The normalized spacial score (nSPS) is 9.21. The minimum absolute atomic E-state index is 0. The van der Waals surface area contributed by atoms with Gasteiger partial charge in [-0.3, -0.25) is 0 Å². The lowest BCUT2D eigenvalue weighted by Crippen LogP contribution is -2.08. The topological polar surface area (TPSA) is 70.2 Å². The molecule has 4 heteroatoms. The van der Waals surface area contributed by atoms with Gasteiger partial charge in [-0.25, -0.2) is 0 Å². The van der Waals surface area contributed by atoms with Crippen molar-refractivity contribution in [1.29, 1.82) is 0 Å². The van der Waals surface area contributed by atoms with E-state index in [1.165, 1.54) is 0 Å². The summed E-state index contributed by atoms with van der Waals surface area (Å²) in [5.41, 5.74) is 0. The lowest BCUT2D eigenvalue weighted by molar-refractivity contribution is 0.0705. The molecule has 0 aliphatic heterocycles. The summed E-state index contributed by atoms with van der Waals surface area (Å²) in [5.74, 6) is 0.843. The van der Waals surface area contributed by atoms with Gasteiger partial charge in [0.2, 0.25) is 0 Å². The Kier molecular flexibility index (Phi) is 7.83. The Morgan fingerprint density at radius 3 is 2.36 bits per heavy atom. The Morgan fingerprint density at radius 2 is 1.71 bits per heavy atom. The van der Waals surface area contributed by atoms with Gasteiger partial charge in [-0.1, -0.05) is 18.2 Å². The zero-order valence-electron chi connectivity index (χ0n) is 7.98. The van der Waals surface area contributed by atoms with E-state index in [1.807, 2.05) is 30.3 Å². The molecule has 0 saturated heterocycles. The van der Waals surface area contributed by atoms with Crippen LogP contribution in [0.15, 0.2) is 30.3 Å². The van der Waals surface area contributed by atoms with Crippen molar-refractivity contribution in [2.75, 3.05) is 26.4 Å². The highest BCUT2D eigenvalue weighted by molar-refractivity contribution is 5.20. The molecule has 80 valence electrons. The van der Waals surface area contributed by atoms with E-state index in [9.17, 15) is 0 Å². The summed E-state index contributed by atoms with van der Waals surface area (Å²) in [6, 6.07) is 9.57. The fourth-order valence-electron chi connectivity index (χ4n) is 0.902. The molecule has 0 aliphatic rings. The summed E-state index contributed by atoms with van der Waals surface area (Å²) >= 11 is 0. The first-order valence-corrected chi connectivity index (χ1v) is 4.30. The van der Waals surface area contributed by atoms with Crippen LogP contribution < -0.4 is 4.74 Å². The van der Waals surface area contributed by atoms with Gasteiger partial charge < -0.3 is 20.1 Å². The first-order chi connectivity index (χ1) is 6.43. The van der Waals surface area contributed by atoms with Gasteiger partial charge in [-0.05, 0) is 12.1 Å². The average Bonchev–Trinajstić information content (AvgIpc) is 2.19. The van der Waals surface area contributed by atoms with Crippen molar-refractivity contribution >= 4 is 0 Å². The molecule has 1 rings (SSSR count). The number of para-hydroxylation sites is 1. The number of benzene rings is 1. The second-order valence-electron chi connectivity index (χ2n) is 2.50. The average molecular weight is 200 g/mol. The van der Waals surface area contributed by atoms with Crippen molar-refractivity contribution in [1.82, 2.24) is 0 Å². The van der Waals surface area contributed by atoms with Gasteiger partial charge in [0.1, 0.15) is 12.4 Å². The fourth-order valence-corrected chi connectivity index (χ4v) is 0.902. The van der Waals surface area contributed by atoms with Crippen LogP contribution in [0.4, 0.5) is 0 Å². The van der Waals surface area contributed by atoms with Crippen molar-refractivity contribution in [2.45, 2.75) is 0 Å². The summed E-state index contributed by atoms with van der Waals surface area (Å²) in [5, 5.41) is 8.42. The van der Waals surface area contributed by atoms with Gasteiger partial charge in [-0.15, -0.1) is 0 Å². The van der Waals surface area contributed by atoms with Crippen LogP contribution in [0, 0.1) is 0 Å². The van der Waals surface area contributed by atoms with Crippen LogP contribution in [0.3, 0.4) is 0 Å². The van der Waals surface area contributed by atoms with E-state index in [0.29, 0.717) is 19.8 Å². The molecule has 1 aromatic carbocycles. The summed E-state index contributed by atoms with van der Waals surface area (Å²) in [7, 11) is 0. The van der Waals surface area contributed by atoms with E-state index < -0.39 is 0 Å². The maximum atomic E-state index is 8.42. The van der Waals surface area contributed by atoms with E-state index >= 15 is 0 Å². The number of aliphatic hydroxyl groups is 1. The molecule has 0 bridgehead atoms. The Morgan fingerprint density at radius 1 is 1.00 bits per heavy atom. The second kappa shape index (κ2) is 8.50. The zero-order chi connectivity index (χ0) is 9.36. The molecule has 0 fully saturated rings. The summed E-state index contributed by atoms with van der Waals surface area (Å²) in [6.45, 7) is 1.46. The van der Waals surface area contributed by atoms with Crippen molar-refractivity contribution in [3.8, 4) is 5.75 Å².